The van der Waals surface area contributed by atoms with Crippen LogP contribution in [0.2, 0.25) is 0 Å². The van der Waals surface area contributed by atoms with E-state index >= 15 is 0 Å². The molecule has 76 valence electrons. The Bertz CT molecular complexity index is 624. The molecule has 3 aromatic rings. The second kappa shape index (κ2) is 3.58. The number of pyridine rings is 1. The van der Waals surface area contributed by atoms with Crippen molar-refractivity contribution in [2.45, 2.75) is 0 Å². The lowest BCUT2D eigenvalue weighted by Gasteiger charge is -1.98. The summed E-state index contributed by atoms with van der Waals surface area (Å²) < 4.78 is 0. The van der Waals surface area contributed by atoms with Gasteiger partial charge in [0, 0.05) is 18.6 Å². The monoisotopic (exact) mass is 210 g/mol. The van der Waals surface area contributed by atoms with Crippen LogP contribution in [0.3, 0.4) is 0 Å². The Hall–Kier alpha value is -2.50. The molecule has 0 saturated carbocycles. The zero-order chi connectivity index (χ0) is 10.8. The maximum absolute atomic E-state index is 4.31. The van der Waals surface area contributed by atoms with Crippen molar-refractivity contribution >= 4 is 11.2 Å². The molecule has 0 saturated heterocycles. The van der Waals surface area contributed by atoms with Crippen molar-refractivity contribution in [2.24, 2.45) is 0 Å². The summed E-state index contributed by atoms with van der Waals surface area (Å²) in [4.78, 5) is 16.4. The highest BCUT2D eigenvalue weighted by atomic mass is 15.2. The van der Waals surface area contributed by atoms with Crippen molar-refractivity contribution in [3.05, 3.63) is 36.9 Å². The summed E-state index contributed by atoms with van der Waals surface area (Å²) in [6.45, 7) is 0. The second-order valence-corrected chi connectivity index (χ2v) is 3.07. The van der Waals surface area contributed by atoms with E-state index in [1.165, 1.54) is 0 Å². The van der Waals surface area contributed by atoms with Gasteiger partial charge in [-0.3, -0.25) is 4.98 Å². The van der Waals surface area contributed by atoms with Crippen LogP contribution in [0.15, 0.2) is 36.9 Å². The molecule has 0 radical (unpaired) electrons. The fourth-order valence-corrected chi connectivity index (χ4v) is 1.31. The largest absolute Gasteiger partial charge is 0.261 e. The lowest BCUT2D eigenvalue weighted by molar-refractivity contribution is 0.995. The second-order valence-electron chi connectivity index (χ2n) is 3.07. The molecule has 3 aromatic heterocycles. The molecule has 0 atom stereocenters. The summed E-state index contributed by atoms with van der Waals surface area (Å²) in [5.74, 6) is 0.452. The standard InChI is InChI=1S/C10H6N6/c1-2-7-9(13-3-1)15-16-10(14-7)8-6-11-4-5-12-8/h1-6H. The Morgan fingerprint density at radius 2 is 1.94 bits per heavy atom. The van der Waals surface area contributed by atoms with E-state index in [0.717, 1.165) is 0 Å². The van der Waals surface area contributed by atoms with Crippen molar-refractivity contribution < 1.29 is 0 Å². The minimum Gasteiger partial charge on any atom is -0.261 e. The van der Waals surface area contributed by atoms with Gasteiger partial charge in [0.05, 0.1) is 6.20 Å². The quantitative estimate of drug-likeness (QED) is 0.593. The van der Waals surface area contributed by atoms with Gasteiger partial charge in [-0.1, -0.05) is 0 Å². The third-order valence-electron chi connectivity index (χ3n) is 2.02. The van der Waals surface area contributed by atoms with Gasteiger partial charge in [0.2, 0.25) is 5.82 Å². The Balaban J connectivity index is 2.19. The molecule has 0 unspecified atom stereocenters. The Morgan fingerprint density at radius 1 is 0.938 bits per heavy atom. The Labute approximate surface area is 90.5 Å². The summed E-state index contributed by atoms with van der Waals surface area (Å²) >= 11 is 0. The van der Waals surface area contributed by atoms with E-state index in [1.54, 1.807) is 30.9 Å². The lowest BCUT2D eigenvalue weighted by Crippen LogP contribution is -1.97. The molecule has 0 spiro atoms. The van der Waals surface area contributed by atoms with E-state index in [4.69, 9.17) is 0 Å². The molecule has 0 bridgehead atoms. The first-order chi connectivity index (χ1) is 7.93. The number of aromatic nitrogens is 6. The van der Waals surface area contributed by atoms with E-state index in [9.17, 15) is 0 Å². The Kier molecular flexibility index (Phi) is 1.96. The minimum atomic E-state index is 0.452. The Morgan fingerprint density at radius 3 is 2.81 bits per heavy atom. The van der Waals surface area contributed by atoms with Crippen molar-refractivity contribution in [3.8, 4) is 11.5 Å². The van der Waals surface area contributed by atoms with Crippen LogP contribution in [0.1, 0.15) is 0 Å². The predicted molar refractivity (Wildman–Crippen MR) is 56.2 cm³/mol. The third-order valence-corrected chi connectivity index (χ3v) is 2.02. The lowest BCUT2D eigenvalue weighted by atomic mass is 10.4. The van der Waals surface area contributed by atoms with Gasteiger partial charge in [-0.25, -0.2) is 15.0 Å². The van der Waals surface area contributed by atoms with E-state index in [2.05, 4.69) is 30.1 Å². The topological polar surface area (TPSA) is 77.3 Å². The van der Waals surface area contributed by atoms with Crippen molar-refractivity contribution in [1.82, 2.24) is 30.1 Å². The van der Waals surface area contributed by atoms with Crippen LogP contribution < -0.4 is 0 Å². The molecule has 3 rings (SSSR count). The minimum absolute atomic E-state index is 0.452. The van der Waals surface area contributed by atoms with Crippen molar-refractivity contribution in [2.75, 3.05) is 0 Å². The zero-order valence-electron chi connectivity index (χ0n) is 8.15. The van der Waals surface area contributed by atoms with Crippen molar-refractivity contribution in [3.63, 3.8) is 0 Å². The van der Waals surface area contributed by atoms with Gasteiger partial charge in [-0.2, -0.15) is 0 Å². The average Bonchev–Trinajstić information content (AvgIpc) is 2.39. The van der Waals surface area contributed by atoms with Gasteiger partial charge < -0.3 is 0 Å². The number of fused-ring (bicyclic) bond motifs is 1. The maximum Gasteiger partial charge on any atom is 0.202 e. The normalized spacial score (nSPS) is 10.5. The molecule has 6 nitrogen and oxygen atoms in total. The summed E-state index contributed by atoms with van der Waals surface area (Å²) in [7, 11) is 0. The molecule has 0 N–H and O–H groups in total. The van der Waals surface area contributed by atoms with Gasteiger partial charge in [-0.15, -0.1) is 10.2 Å². The van der Waals surface area contributed by atoms with Crippen LogP contribution >= 0.6 is 0 Å². The molecule has 0 aliphatic rings. The fourth-order valence-electron chi connectivity index (χ4n) is 1.31. The summed E-state index contributed by atoms with van der Waals surface area (Å²) in [5, 5.41) is 7.92. The highest BCUT2D eigenvalue weighted by molar-refractivity contribution is 5.70. The number of hydrogen-bond donors (Lipinski definition) is 0. The molecule has 0 aliphatic heterocycles. The summed E-state index contributed by atoms with van der Waals surface area (Å²) in [6.07, 6.45) is 6.44. The molecule has 16 heavy (non-hydrogen) atoms. The number of rotatable bonds is 1. The van der Waals surface area contributed by atoms with Crippen molar-refractivity contribution in [1.29, 1.82) is 0 Å². The molecule has 6 heteroatoms. The number of hydrogen-bond acceptors (Lipinski definition) is 6. The summed E-state index contributed by atoms with van der Waals surface area (Å²) in [5.41, 5.74) is 1.81. The highest BCUT2D eigenvalue weighted by Crippen LogP contribution is 2.11. The maximum atomic E-state index is 4.31. The number of nitrogens with zero attached hydrogens (tertiary/aromatic N) is 6. The van der Waals surface area contributed by atoms with Gasteiger partial charge in [0.1, 0.15) is 11.2 Å². The van der Waals surface area contributed by atoms with Crippen LogP contribution in [0.25, 0.3) is 22.7 Å². The molecule has 0 aromatic carbocycles. The smallest absolute Gasteiger partial charge is 0.202 e. The first-order valence-corrected chi connectivity index (χ1v) is 4.65. The highest BCUT2D eigenvalue weighted by Gasteiger charge is 2.05. The van der Waals surface area contributed by atoms with Gasteiger partial charge in [0.25, 0.3) is 0 Å². The predicted octanol–water partition coefficient (Wildman–Crippen LogP) is 0.877. The molecule has 3 heterocycles. The first-order valence-electron chi connectivity index (χ1n) is 4.65. The van der Waals surface area contributed by atoms with Crippen LogP contribution in [0, 0.1) is 0 Å². The zero-order valence-corrected chi connectivity index (χ0v) is 8.15. The molecule has 0 aliphatic carbocycles. The van der Waals surface area contributed by atoms with Gasteiger partial charge in [-0.05, 0) is 12.1 Å². The summed E-state index contributed by atoms with van der Waals surface area (Å²) in [6, 6.07) is 3.63. The third kappa shape index (κ3) is 1.46. The van der Waals surface area contributed by atoms with Gasteiger partial charge in [0.15, 0.2) is 5.65 Å². The van der Waals surface area contributed by atoms with E-state index in [0.29, 0.717) is 22.7 Å². The van der Waals surface area contributed by atoms with Crippen LogP contribution in [-0.4, -0.2) is 30.1 Å². The molecule has 0 amide bonds. The van der Waals surface area contributed by atoms with Gasteiger partial charge >= 0.3 is 0 Å². The van der Waals surface area contributed by atoms with E-state index in [1.807, 2.05) is 6.07 Å². The molecule has 0 fully saturated rings. The van der Waals surface area contributed by atoms with Crippen LogP contribution in [0.4, 0.5) is 0 Å². The van der Waals surface area contributed by atoms with Crippen LogP contribution in [0.5, 0.6) is 0 Å². The first kappa shape index (κ1) is 8.78. The van der Waals surface area contributed by atoms with Crippen LogP contribution in [-0.2, 0) is 0 Å². The van der Waals surface area contributed by atoms with E-state index < -0.39 is 0 Å². The molecular formula is C10H6N6. The average molecular weight is 210 g/mol. The molecular weight excluding hydrogens is 204 g/mol. The SMILES string of the molecule is c1cnc2nnc(-c3cnccn3)nc2c1. The van der Waals surface area contributed by atoms with E-state index in [-0.39, 0.29) is 0 Å². The fraction of sp³-hybridized carbons (Fsp3) is 0.